The smallest absolute Gasteiger partial charge is 0.127 e. The third-order valence-electron chi connectivity index (χ3n) is 3.85. The quantitative estimate of drug-likeness (QED) is 0.862. The Hall–Kier alpha value is -1.80. The summed E-state index contributed by atoms with van der Waals surface area (Å²) in [6, 6.07) is 13.4. The van der Waals surface area contributed by atoms with Crippen LogP contribution in [0.4, 0.5) is 0 Å². The van der Waals surface area contributed by atoms with Crippen molar-refractivity contribution in [1.29, 1.82) is 0 Å². The number of ether oxygens (including phenoxy) is 1. The first-order chi connectivity index (χ1) is 10.1. The Balaban J connectivity index is 2.50. The monoisotopic (exact) mass is 283 g/mol. The molecule has 112 valence electrons. The molecule has 2 heteroatoms. The lowest BCUT2D eigenvalue weighted by Crippen LogP contribution is -2.17. The van der Waals surface area contributed by atoms with Crippen molar-refractivity contribution in [2.45, 2.75) is 33.7 Å². The number of hydrogen-bond donors (Lipinski definition) is 1. The Morgan fingerprint density at radius 1 is 1.14 bits per heavy atom. The fourth-order valence-electron chi connectivity index (χ4n) is 2.85. The summed E-state index contributed by atoms with van der Waals surface area (Å²) in [6.07, 6.45) is 0. The van der Waals surface area contributed by atoms with Crippen molar-refractivity contribution in [1.82, 2.24) is 5.32 Å². The molecule has 0 radical (unpaired) electrons. The average Bonchev–Trinajstić information content (AvgIpc) is 2.46. The summed E-state index contributed by atoms with van der Waals surface area (Å²) >= 11 is 0. The molecule has 0 bridgehead atoms. The Kier molecular flexibility index (Phi) is 5.03. The van der Waals surface area contributed by atoms with Gasteiger partial charge in [-0.25, -0.2) is 0 Å². The van der Waals surface area contributed by atoms with Gasteiger partial charge in [-0.3, -0.25) is 0 Å². The predicted octanol–water partition coefficient (Wildman–Crippen LogP) is 4.65. The molecule has 2 nitrogen and oxygen atoms in total. The molecule has 0 saturated carbocycles. The average molecular weight is 283 g/mol. The highest BCUT2D eigenvalue weighted by Gasteiger charge is 2.12. The van der Waals surface area contributed by atoms with E-state index in [2.05, 4.69) is 69.4 Å². The molecule has 0 amide bonds. The Labute approximate surface area is 128 Å². The van der Waals surface area contributed by atoms with Gasteiger partial charge in [0.05, 0.1) is 7.11 Å². The van der Waals surface area contributed by atoms with E-state index < -0.39 is 0 Å². The van der Waals surface area contributed by atoms with Crippen molar-refractivity contribution in [2.75, 3.05) is 13.7 Å². The van der Waals surface area contributed by atoms with Crippen LogP contribution in [0.1, 0.15) is 36.6 Å². The Bertz CT molecular complexity index is 619. The lowest BCUT2D eigenvalue weighted by molar-refractivity contribution is 0.416. The number of methoxy groups -OCH3 is 1. The molecule has 0 heterocycles. The van der Waals surface area contributed by atoms with Gasteiger partial charge in [0.1, 0.15) is 5.75 Å². The first-order valence-corrected chi connectivity index (χ1v) is 7.55. The molecular formula is C19H25NO. The molecule has 1 N–H and O–H groups in total. The molecule has 0 fully saturated rings. The molecule has 0 aliphatic rings. The number of nitrogens with one attached hydrogen (secondary N) is 1. The van der Waals surface area contributed by atoms with Crippen molar-refractivity contribution in [3.63, 3.8) is 0 Å². The maximum absolute atomic E-state index is 5.59. The number of aryl methyl sites for hydroxylation is 2. The highest BCUT2D eigenvalue weighted by Crippen LogP contribution is 2.35. The fourth-order valence-corrected chi connectivity index (χ4v) is 2.85. The van der Waals surface area contributed by atoms with Crippen LogP contribution >= 0.6 is 0 Å². The van der Waals surface area contributed by atoms with Crippen LogP contribution in [-0.4, -0.2) is 13.7 Å². The molecule has 2 aromatic carbocycles. The summed E-state index contributed by atoms with van der Waals surface area (Å²) in [5.41, 5.74) is 6.18. The van der Waals surface area contributed by atoms with Gasteiger partial charge < -0.3 is 10.1 Å². The van der Waals surface area contributed by atoms with Gasteiger partial charge in [0.2, 0.25) is 0 Å². The van der Waals surface area contributed by atoms with Gasteiger partial charge in [-0.05, 0) is 61.7 Å². The normalized spacial score (nSPS) is 12.2. The van der Waals surface area contributed by atoms with E-state index in [4.69, 9.17) is 4.74 Å². The third kappa shape index (κ3) is 3.45. The van der Waals surface area contributed by atoms with Gasteiger partial charge in [0.15, 0.2) is 0 Å². The summed E-state index contributed by atoms with van der Waals surface area (Å²) in [7, 11) is 1.74. The van der Waals surface area contributed by atoms with Gasteiger partial charge in [0, 0.05) is 11.6 Å². The fraction of sp³-hybridized carbons (Fsp3) is 0.368. The minimum absolute atomic E-state index is 0.353. The summed E-state index contributed by atoms with van der Waals surface area (Å²) in [5.74, 6) is 0.945. The van der Waals surface area contributed by atoms with Crippen LogP contribution in [0, 0.1) is 13.8 Å². The Morgan fingerprint density at radius 2 is 1.90 bits per heavy atom. The molecular weight excluding hydrogens is 258 g/mol. The molecule has 0 saturated heterocycles. The van der Waals surface area contributed by atoms with Gasteiger partial charge >= 0.3 is 0 Å². The molecule has 1 unspecified atom stereocenters. The molecule has 1 atom stereocenters. The van der Waals surface area contributed by atoms with E-state index in [1.165, 1.54) is 27.8 Å². The van der Waals surface area contributed by atoms with Crippen LogP contribution < -0.4 is 10.1 Å². The van der Waals surface area contributed by atoms with Crippen LogP contribution in [0.2, 0.25) is 0 Å². The van der Waals surface area contributed by atoms with Crippen LogP contribution in [0.3, 0.4) is 0 Å². The second kappa shape index (κ2) is 6.77. The van der Waals surface area contributed by atoms with Gasteiger partial charge in [-0.1, -0.05) is 31.2 Å². The van der Waals surface area contributed by atoms with Gasteiger partial charge in [-0.15, -0.1) is 0 Å². The van der Waals surface area contributed by atoms with E-state index in [0.717, 1.165) is 12.3 Å². The van der Waals surface area contributed by atoms with Crippen molar-refractivity contribution in [3.8, 4) is 16.9 Å². The first kappa shape index (κ1) is 15.6. The highest BCUT2D eigenvalue weighted by atomic mass is 16.5. The summed E-state index contributed by atoms with van der Waals surface area (Å²) in [6.45, 7) is 9.54. The first-order valence-electron chi connectivity index (χ1n) is 7.55. The van der Waals surface area contributed by atoms with Gasteiger partial charge in [0.25, 0.3) is 0 Å². The van der Waals surface area contributed by atoms with E-state index in [1.807, 2.05) is 0 Å². The molecule has 0 aromatic heterocycles. The summed E-state index contributed by atoms with van der Waals surface area (Å²) in [5, 5.41) is 3.46. The van der Waals surface area contributed by atoms with Crippen molar-refractivity contribution in [3.05, 3.63) is 53.1 Å². The highest BCUT2D eigenvalue weighted by molar-refractivity contribution is 5.75. The van der Waals surface area contributed by atoms with Crippen molar-refractivity contribution in [2.24, 2.45) is 0 Å². The maximum Gasteiger partial charge on any atom is 0.127 e. The lowest BCUT2D eigenvalue weighted by Gasteiger charge is -2.17. The van der Waals surface area contributed by atoms with Gasteiger partial charge in [-0.2, -0.15) is 0 Å². The van der Waals surface area contributed by atoms with Crippen LogP contribution in [0.5, 0.6) is 5.75 Å². The summed E-state index contributed by atoms with van der Waals surface area (Å²) in [4.78, 5) is 0. The van der Waals surface area contributed by atoms with E-state index in [1.54, 1.807) is 7.11 Å². The second-order valence-electron chi connectivity index (χ2n) is 5.56. The van der Waals surface area contributed by atoms with Crippen LogP contribution in [0.25, 0.3) is 11.1 Å². The zero-order valence-corrected chi connectivity index (χ0v) is 13.7. The molecule has 0 aliphatic heterocycles. The van der Waals surface area contributed by atoms with E-state index in [9.17, 15) is 0 Å². The molecule has 21 heavy (non-hydrogen) atoms. The third-order valence-corrected chi connectivity index (χ3v) is 3.85. The van der Waals surface area contributed by atoms with E-state index in [-0.39, 0.29) is 0 Å². The largest absolute Gasteiger partial charge is 0.496 e. The Morgan fingerprint density at radius 3 is 2.57 bits per heavy atom. The second-order valence-corrected chi connectivity index (χ2v) is 5.56. The standard InChI is InChI=1S/C19H25NO/c1-6-20-15(4)16-8-7-9-17(12-16)19-14(3)10-13(2)11-18(19)21-5/h7-12,15,20H,6H2,1-5H3. The number of benzene rings is 2. The van der Waals surface area contributed by atoms with Crippen molar-refractivity contribution >= 4 is 0 Å². The van der Waals surface area contributed by atoms with Crippen LogP contribution in [0.15, 0.2) is 36.4 Å². The number of rotatable bonds is 5. The topological polar surface area (TPSA) is 21.3 Å². The van der Waals surface area contributed by atoms with E-state index in [0.29, 0.717) is 6.04 Å². The molecule has 0 spiro atoms. The number of hydrogen-bond acceptors (Lipinski definition) is 2. The lowest BCUT2D eigenvalue weighted by atomic mass is 9.95. The zero-order valence-electron chi connectivity index (χ0n) is 13.7. The molecule has 2 aromatic rings. The minimum atomic E-state index is 0.353. The molecule has 2 rings (SSSR count). The van der Waals surface area contributed by atoms with Crippen molar-refractivity contribution < 1.29 is 4.74 Å². The SMILES string of the molecule is CCNC(C)c1cccc(-c2c(C)cc(C)cc2OC)c1. The maximum atomic E-state index is 5.59. The predicted molar refractivity (Wildman–Crippen MR) is 90.0 cm³/mol. The minimum Gasteiger partial charge on any atom is -0.496 e. The zero-order chi connectivity index (χ0) is 15.4. The van der Waals surface area contributed by atoms with E-state index >= 15 is 0 Å². The summed E-state index contributed by atoms with van der Waals surface area (Å²) < 4.78 is 5.59. The van der Waals surface area contributed by atoms with Crippen LogP contribution in [-0.2, 0) is 0 Å². The molecule has 0 aliphatic carbocycles.